The summed E-state index contributed by atoms with van der Waals surface area (Å²) in [4.78, 5) is 31.7. The third-order valence-corrected chi connectivity index (χ3v) is 6.29. The van der Waals surface area contributed by atoms with Crippen molar-refractivity contribution in [3.63, 3.8) is 0 Å². The second-order valence-corrected chi connectivity index (χ2v) is 8.62. The number of carbonyl (C=O) groups is 2. The highest BCUT2D eigenvalue weighted by atomic mass is 35.5. The van der Waals surface area contributed by atoms with Gasteiger partial charge in [-0.2, -0.15) is 5.10 Å². The van der Waals surface area contributed by atoms with Crippen molar-refractivity contribution in [1.29, 1.82) is 0 Å². The molecule has 33 heavy (non-hydrogen) atoms. The van der Waals surface area contributed by atoms with Gasteiger partial charge in [-0.05, 0) is 36.8 Å². The predicted octanol–water partition coefficient (Wildman–Crippen LogP) is 3.99. The van der Waals surface area contributed by atoms with Crippen LogP contribution in [0, 0.1) is 18.2 Å². The first-order chi connectivity index (χ1) is 15.9. The maximum absolute atomic E-state index is 13.3. The minimum atomic E-state index is -0.539. The molecule has 0 radical (unpaired) electrons. The van der Waals surface area contributed by atoms with E-state index in [2.05, 4.69) is 26.6 Å². The van der Waals surface area contributed by atoms with Crippen molar-refractivity contribution in [3.8, 4) is 12.3 Å². The number of carbonyl (C=O) groups excluding carboxylic acids is 2. The van der Waals surface area contributed by atoms with Crippen LogP contribution in [0.25, 0.3) is 5.65 Å². The van der Waals surface area contributed by atoms with Crippen molar-refractivity contribution in [2.45, 2.75) is 19.5 Å². The highest BCUT2D eigenvalue weighted by Gasteiger charge is 2.20. The van der Waals surface area contributed by atoms with Crippen LogP contribution in [0.3, 0.4) is 0 Å². The van der Waals surface area contributed by atoms with E-state index in [1.165, 1.54) is 46.3 Å². The number of aromatic nitrogens is 3. The van der Waals surface area contributed by atoms with Gasteiger partial charge in [0.1, 0.15) is 17.2 Å². The number of nitrogens with zero attached hydrogens (tertiary/aromatic N) is 3. The number of hydrogen-bond acceptors (Lipinski definition) is 5. The number of nitrogens with one attached hydrogen (secondary N) is 2. The number of hydrogen-bond donors (Lipinski definition) is 2. The Balaban J connectivity index is 1.54. The number of thiophene rings is 1. The van der Waals surface area contributed by atoms with Crippen LogP contribution < -0.4 is 10.6 Å². The largest absolute Gasteiger partial charge is 0.347 e. The van der Waals surface area contributed by atoms with Crippen LogP contribution in [0.1, 0.15) is 49.3 Å². The molecule has 0 saturated carbocycles. The Kier molecular flexibility index (Phi) is 6.40. The second kappa shape index (κ2) is 9.40. The van der Waals surface area contributed by atoms with E-state index in [0.717, 1.165) is 9.75 Å². The van der Waals surface area contributed by atoms with Gasteiger partial charge in [-0.25, -0.2) is 13.9 Å². The molecule has 1 unspecified atom stereocenters. The lowest BCUT2D eigenvalue weighted by Gasteiger charge is -2.14. The van der Waals surface area contributed by atoms with Gasteiger partial charge < -0.3 is 10.6 Å². The molecule has 166 valence electrons. The van der Waals surface area contributed by atoms with Crippen molar-refractivity contribution < 1.29 is 14.0 Å². The molecule has 3 heterocycles. The average molecular weight is 482 g/mol. The van der Waals surface area contributed by atoms with Crippen molar-refractivity contribution in [2.24, 2.45) is 0 Å². The van der Waals surface area contributed by atoms with E-state index < -0.39 is 17.6 Å². The van der Waals surface area contributed by atoms with Crippen molar-refractivity contribution in [3.05, 3.63) is 86.2 Å². The third kappa shape index (κ3) is 4.87. The van der Waals surface area contributed by atoms with Gasteiger partial charge in [-0.15, -0.1) is 17.8 Å². The van der Waals surface area contributed by atoms with Crippen LogP contribution in [0.4, 0.5) is 4.39 Å². The smallest absolute Gasteiger partial charge is 0.270 e. The van der Waals surface area contributed by atoms with Crippen LogP contribution in [-0.2, 0) is 6.54 Å². The molecule has 2 N–H and O–H groups in total. The molecular formula is C23H17ClFN5O2S. The maximum Gasteiger partial charge on any atom is 0.270 e. The summed E-state index contributed by atoms with van der Waals surface area (Å²) in [6.45, 7) is 1.95. The first kappa shape index (κ1) is 22.5. The highest BCUT2D eigenvalue weighted by Crippen LogP contribution is 2.23. The fourth-order valence-corrected chi connectivity index (χ4v) is 4.14. The van der Waals surface area contributed by atoms with Crippen LogP contribution in [0.15, 0.2) is 48.7 Å². The summed E-state index contributed by atoms with van der Waals surface area (Å²) in [6.07, 6.45) is 6.91. The quantitative estimate of drug-likeness (QED) is 0.408. The fraction of sp³-hybridized carbons (Fsp3) is 0.130. The second-order valence-electron chi connectivity index (χ2n) is 7.10. The Morgan fingerprint density at radius 3 is 2.79 bits per heavy atom. The van der Waals surface area contributed by atoms with Gasteiger partial charge in [-0.3, -0.25) is 9.59 Å². The first-order valence-electron chi connectivity index (χ1n) is 9.80. The van der Waals surface area contributed by atoms with E-state index >= 15 is 0 Å². The predicted molar refractivity (Wildman–Crippen MR) is 124 cm³/mol. The molecule has 0 bridgehead atoms. The molecule has 1 aromatic carbocycles. The van der Waals surface area contributed by atoms with Crippen LogP contribution in [-0.4, -0.2) is 26.4 Å². The molecule has 0 aliphatic heterocycles. The van der Waals surface area contributed by atoms with E-state index in [-0.39, 0.29) is 29.0 Å². The average Bonchev–Trinajstić information content (AvgIpc) is 3.48. The Labute approximate surface area is 197 Å². The third-order valence-electron chi connectivity index (χ3n) is 4.81. The van der Waals surface area contributed by atoms with Gasteiger partial charge in [0.25, 0.3) is 11.8 Å². The molecule has 3 aromatic heterocycles. The Morgan fingerprint density at radius 2 is 2.06 bits per heavy atom. The topological polar surface area (TPSA) is 88.4 Å². The van der Waals surface area contributed by atoms with Gasteiger partial charge in [-0.1, -0.05) is 23.6 Å². The summed E-state index contributed by atoms with van der Waals surface area (Å²) in [5.41, 5.74) is 1.16. The minimum absolute atomic E-state index is 0.0336. The number of terminal acetylenes is 1. The van der Waals surface area contributed by atoms with Crippen LogP contribution in [0.5, 0.6) is 0 Å². The Morgan fingerprint density at radius 1 is 1.24 bits per heavy atom. The van der Waals surface area contributed by atoms with Crippen molar-refractivity contribution >= 4 is 40.4 Å². The van der Waals surface area contributed by atoms with Crippen molar-refractivity contribution in [1.82, 2.24) is 25.2 Å². The summed E-state index contributed by atoms with van der Waals surface area (Å²) in [7, 11) is 0. The van der Waals surface area contributed by atoms with Gasteiger partial charge >= 0.3 is 0 Å². The molecule has 1 atom stereocenters. The lowest BCUT2D eigenvalue weighted by atomic mass is 10.2. The van der Waals surface area contributed by atoms with Crippen LogP contribution >= 0.6 is 22.9 Å². The monoisotopic (exact) mass is 481 g/mol. The zero-order chi connectivity index (χ0) is 23.5. The van der Waals surface area contributed by atoms with E-state index in [9.17, 15) is 14.0 Å². The van der Waals surface area contributed by atoms with E-state index in [0.29, 0.717) is 11.2 Å². The maximum atomic E-state index is 13.3. The SMILES string of the molecule is C#Cc1ccc(C(C)NC(=O)c2cc(C(=O)NCc3ccc(F)c(Cl)c3)nc3ccnn23)s1. The fourth-order valence-electron chi connectivity index (χ4n) is 3.12. The van der Waals surface area contributed by atoms with E-state index in [1.54, 1.807) is 6.07 Å². The summed E-state index contributed by atoms with van der Waals surface area (Å²) in [6, 6.07) is 10.5. The molecule has 0 saturated heterocycles. The van der Waals surface area contributed by atoms with E-state index in [4.69, 9.17) is 18.0 Å². The Bertz CT molecular complexity index is 1410. The standard InChI is InChI=1S/C23H17ClFN5O2S/c1-3-15-5-7-20(33-15)13(2)28-23(32)19-11-18(29-21-8-9-27-30(19)21)22(31)26-12-14-4-6-17(25)16(24)10-14/h1,4-11,13H,12H2,2H3,(H,26,31)(H,28,32). The number of halogens is 2. The number of amides is 2. The van der Waals surface area contributed by atoms with Crippen LogP contribution in [0.2, 0.25) is 5.02 Å². The molecule has 10 heteroatoms. The summed E-state index contributed by atoms with van der Waals surface area (Å²) in [5.74, 6) is 1.11. The van der Waals surface area contributed by atoms with Crippen molar-refractivity contribution in [2.75, 3.05) is 0 Å². The molecule has 0 spiro atoms. The number of benzene rings is 1. The minimum Gasteiger partial charge on any atom is -0.347 e. The zero-order valence-corrected chi connectivity index (χ0v) is 18.9. The molecule has 0 aliphatic carbocycles. The Hall–Kier alpha value is -3.74. The molecule has 7 nitrogen and oxygen atoms in total. The van der Waals surface area contributed by atoms with Gasteiger partial charge in [0, 0.05) is 23.6 Å². The van der Waals surface area contributed by atoms with E-state index in [1.807, 2.05) is 19.1 Å². The van der Waals surface area contributed by atoms with Gasteiger partial charge in [0.05, 0.1) is 22.1 Å². The number of fused-ring (bicyclic) bond motifs is 1. The lowest BCUT2D eigenvalue weighted by Crippen LogP contribution is -2.30. The lowest BCUT2D eigenvalue weighted by molar-refractivity contribution is 0.0932. The zero-order valence-electron chi connectivity index (χ0n) is 17.3. The molecule has 4 rings (SSSR count). The summed E-state index contributed by atoms with van der Waals surface area (Å²) < 4.78 is 14.7. The first-order valence-corrected chi connectivity index (χ1v) is 11.0. The number of rotatable bonds is 6. The van der Waals surface area contributed by atoms with Gasteiger partial charge in [0.2, 0.25) is 0 Å². The molecule has 0 aliphatic rings. The normalized spacial score (nSPS) is 11.7. The molecule has 2 amide bonds. The molecular weight excluding hydrogens is 465 g/mol. The molecule has 4 aromatic rings. The van der Waals surface area contributed by atoms with Gasteiger partial charge in [0.15, 0.2) is 5.65 Å². The summed E-state index contributed by atoms with van der Waals surface area (Å²) in [5, 5.41) is 9.70. The molecule has 0 fully saturated rings. The highest BCUT2D eigenvalue weighted by molar-refractivity contribution is 7.12. The summed E-state index contributed by atoms with van der Waals surface area (Å²) >= 11 is 7.20.